The normalized spacial score (nSPS) is 13.9. The lowest BCUT2D eigenvalue weighted by atomic mass is 9.91. The molecule has 0 saturated heterocycles. The standard InChI is InChI=1S/C34H36N2O4/c1-3-5-17-35-31(27-21-39-19-25(27)29(33(35)37)23-13-9-7-10-14-23)32-28-22-40-20-26(28)30(24-15-11-8-12-16-24)34(38)36(32)18-6-4-2/h7-16H,3-6,17-22H2,1-2H3. The van der Waals surface area contributed by atoms with E-state index in [1.165, 1.54) is 0 Å². The molecule has 6 heteroatoms. The lowest BCUT2D eigenvalue weighted by Gasteiger charge is -2.25. The first-order chi connectivity index (χ1) is 19.7. The van der Waals surface area contributed by atoms with E-state index in [9.17, 15) is 9.59 Å². The molecule has 0 unspecified atom stereocenters. The van der Waals surface area contributed by atoms with Crippen molar-refractivity contribution in [3.05, 3.63) is 104 Å². The van der Waals surface area contributed by atoms with Crippen LogP contribution in [-0.2, 0) is 49.0 Å². The van der Waals surface area contributed by atoms with Crippen LogP contribution < -0.4 is 11.1 Å². The first-order valence-electron chi connectivity index (χ1n) is 14.5. The summed E-state index contributed by atoms with van der Waals surface area (Å²) in [6, 6.07) is 19.8. The van der Waals surface area contributed by atoms with Crippen molar-refractivity contribution in [1.82, 2.24) is 9.13 Å². The molecule has 0 bridgehead atoms. The molecule has 2 aliphatic rings. The lowest BCUT2D eigenvalue weighted by Crippen LogP contribution is -2.31. The third-order valence-corrected chi connectivity index (χ3v) is 8.17. The van der Waals surface area contributed by atoms with Crippen molar-refractivity contribution in [3.63, 3.8) is 0 Å². The van der Waals surface area contributed by atoms with Crippen molar-refractivity contribution in [3.8, 4) is 33.6 Å². The minimum Gasteiger partial charge on any atom is -0.372 e. The third-order valence-electron chi connectivity index (χ3n) is 8.17. The largest absolute Gasteiger partial charge is 0.372 e. The highest BCUT2D eigenvalue weighted by Crippen LogP contribution is 2.41. The Balaban J connectivity index is 1.72. The summed E-state index contributed by atoms with van der Waals surface area (Å²) in [4.78, 5) is 28.8. The summed E-state index contributed by atoms with van der Waals surface area (Å²) in [5, 5.41) is 0. The molecule has 6 rings (SSSR count). The summed E-state index contributed by atoms with van der Waals surface area (Å²) >= 11 is 0. The first-order valence-corrected chi connectivity index (χ1v) is 14.5. The van der Waals surface area contributed by atoms with Gasteiger partial charge < -0.3 is 18.6 Å². The lowest BCUT2D eigenvalue weighted by molar-refractivity contribution is 0.134. The summed E-state index contributed by atoms with van der Waals surface area (Å²) in [5.74, 6) is 0. The number of nitrogens with zero attached hydrogens (tertiary/aromatic N) is 2. The Bertz CT molecular complexity index is 1530. The van der Waals surface area contributed by atoms with Gasteiger partial charge in [-0.3, -0.25) is 9.59 Å². The SMILES string of the molecule is CCCCn1c(-c2c3c(c(-c4ccccc4)c(=O)n2CCCC)COC3)c2c(c(-c3ccccc3)c1=O)COC2. The maximum atomic E-state index is 14.4. The van der Waals surface area contributed by atoms with Crippen LogP contribution in [0.4, 0.5) is 0 Å². The van der Waals surface area contributed by atoms with E-state index in [-0.39, 0.29) is 11.1 Å². The van der Waals surface area contributed by atoms with Crippen LogP contribution in [0.25, 0.3) is 33.6 Å². The van der Waals surface area contributed by atoms with E-state index in [1.54, 1.807) is 0 Å². The van der Waals surface area contributed by atoms with Gasteiger partial charge in [0.1, 0.15) is 0 Å². The van der Waals surface area contributed by atoms with E-state index >= 15 is 0 Å². The first kappa shape index (κ1) is 26.5. The van der Waals surface area contributed by atoms with Gasteiger partial charge >= 0.3 is 0 Å². The van der Waals surface area contributed by atoms with E-state index in [4.69, 9.17) is 9.47 Å². The Hall–Kier alpha value is -3.74. The molecule has 2 aliphatic heterocycles. The molecule has 4 heterocycles. The minimum absolute atomic E-state index is 0.0202. The molecule has 4 aromatic rings. The highest BCUT2D eigenvalue weighted by atomic mass is 16.5. The maximum absolute atomic E-state index is 14.4. The zero-order chi connectivity index (χ0) is 27.6. The van der Waals surface area contributed by atoms with Crippen LogP contribution >= 0.6 is 0 Å². The van der Waals surface area contributed by atoms with E-state index in [0.29, 0.717) is 50.6 Å². The number of unbranched alkanes of at least 4 members (excludes halogenated alkanes) is 2. The van der Waals surface area contributed by atoms with Gasteiger partial charge in [-0.25, -0.2) is 0 Å². The van der Waals surface area contributed by atoms with E-state index in [2.05, 4.69) is 13.8 Å². The van der Waals surface area contributed by atoms with Crippen LogP contribution in [0.3, 0.4) is 0 Å². The average molecular weight is 537 g/mol. The van der Waals surface area contributed by atoms with Crippen molar-refractivity contribution in [1.29, 1.82) is 0 Å². The van der Waals surface area contributed by atoms with Gasteiger partial charge in [0.15, 0.2) is 0 Å². The van der Waals surface area contributed by atoms with Crippen molar-refractivity contribution < 1.29 is 9.47 Å². The molecular formula is C34H36N2O4. The van der Waals surface area contributed by atoms with Gasteiger partial charge in [-0.1, -0.05) is 87.4 Å². The van der Waals surface area contributed by atoms with Gasteiger partial charge in [0.05, 0.1) is 48.9 Å². The molecule has 206 valence electrons. The fourth-order valence-corrected chi connectivity index (χ4v) is 6.19. The van der Waals surface area contributed by atoms with Crippen LogP contribution in [0.5, 0.6) is 0 Å². The Kier molecular flexibility index (Phi) is 7.55. The van der Waals surface area contributed by atoms with Crippen molar-refractivity contribution >= 4 is 0 Å². The van der Waals surface area contributed by atoms with Gasteiger partial charge in [0.25, 0.3) is 11.1 Å². The number of hydrogen-bond donors (Lipinski definition) is 0. The van der Waals surface area contributed by atoms with Gasteiger partial charge in [0.2, 0.25) is 0 Å². The molecule has 6 nitrogen and oxygen atoms in total. The molecule has 0 amide bonds. The van der Waals surface area contributed by atoms with Gasteiger partial charge in [0, 0.05) is 24.2 Å². The summed E-state index contributed by atoms with van der Waals surface area (Å²) in [6.07, 6.45) is 3.63. The monoisotopic (exact) mass is 536 g/mol. The highest BCUT2D eigenvalue weighted by Gasteiger charge is 2.33. The second kappa shape index (κ2) is 11.4. The van der Waals surface area contributed by atoms with Crippen LogP contribution in [0.15, 0.2) is 70.3 Å². The molecule has 0 fully saturated rings. The van der Waals surface area contributed by atoms with Crippen LogP contribution in [0, 0.1) is 0 Å². The number of rotatable bonds is 9. The fraction of sp³-hybridized carbons (Fsp3) is 0.353. The fourth-order valence-electron chi connectivity index (χ4n) is 6.19. The molecule has 0 N–H and O–H groups in total. The molecule has 2 aromatic heterocycles. The number of ether oxygens (including phenoxy) is 2. The Morgan fingerprint density at radius 1 is 0.575 bits per heavy atom. The number of hydrogen-bond acceptors (Lipinski definition) is 4. The van der Waals surface area contributed by atoms with E-state index in [0.717, 1.165) is 70.5 Å². The quantitative estimate of drug-likeness (QED) is 0.240. The maximum Gasteiger partial charge on any atom is 0.259 e. The van der Waals surface area contributed by atoms with Crippen LogP contribution in [0.1, 0.15) is 61.8 Å². The molecule has 2 aromatic carbocycles. The Labute approximate surface area is 234 Å². The highest BCUT2D eigenvalue weighted by molar-refractivity contribution is 5.79. The summed E-state index contributed by atoms with van der Waals surface area (Å²) in [6.45, 7) is 7.02. The second-order valence-corrected chi connectivity index (χ2v) is 10.7. The van der Waals surface area contributed by atoms with Crippen molar-refractivity contribution in [2.24, 2.45) is 0 Å². The zero-order valence-corrected chi connectivity index (χ0v) is 23.4. The third kappa shape index (κ3) is 4.45. The molecule has 0 saturated carbocycles. The molecule has 0 radical (unpaired) electrons. The van der Waals surface area contributed by atoms with Gasteiger partial charge in [-0.2, -0.15) is 0 Å². The Morgan fingerprint density at radius 2 is 0.950 bits per heavy atom. The number of aromatic nitrogens is 2. The smallest absolute Gasteiger partial charge is 0.259 e. The van der Waals surface area contributed by atoms with E-state index < -0.39 is 0 Å². The number of fused-ring (bicyclic) bond motifs is 2. The summed E-state index contributed by atoms with van der Waals surface area (Å²) < 4.78 is 15.9. The van der Waals surface area contributed by atoms with Crippen molar-refractivity contribution in [2.45, 2.75) is 79.0 Å². The molecular weight excluding hydrogens is 500 g/mol. The van der Waals surface area contributed by atoms with Crippen molar-refractivity contribution in [2.75, 3.05) is 0 Å². The summed E-state index contributed by atoms with van der Waals surface area (Å²) in [5.41, 5.74) is 8.77. The van der Waals surface area contributed by atoms with Crippen LogP contribution in [0.2, 0.25) is 0 Å². The zero-order valence-electron chi connectivity index (χ0n) is 23.4. The molecule has 40 heavy (non-hydrogen) atoms. The topological polar surface area (TPSA) is 62.5 Å². The predicted octanol–water partition coefficient (Wildman–Crippen LogP) is 6.67. The van der Waals surface area contributed by atoms with Crippen LogP contribution in [-0.4, -0.2) is 9.13 Å². The number of pyridine rings is 2. The molecule has 0 spiro atoms. The van der Waals surface area contributed by atoms with Gasteiger partial charge in [-0.15, -0.1) is 0 Å². The summed E-state index contributed by atoms with van der Waals surface area (Å²) in [7, 11) is 0. The second-order valence-electron chi connectivity index (χ2n) is 10.7. The number of benzene rings is 2. The van der Waals surface area contributed by atoms with E-state index in [1.807, 2.05) is 69.8 Å². The Morgan fingerprint density at radius 3 is 1.32 bits per heavy atom. The van der Waals surface area contributed by atoms with Gasteiger partial charge in [-0.05, 0) is 35.1 Å². The predicted molar refractivity (Wildman–Crippen MR) is 158 cm³/mol. The molecule has 0 atom stereocenters. The minimum atomic E-state index is -0.0202. The molecule has 0 aliphatic carbocycles. The average Bonchev–Trinajstić information content (AvgIpc) is 3.66.